The molecule has 1 fully saturated rings. The highest BCUT2D eigenvalue weighted by atomic mass is 16.3. The summed E-state index contributed by atoms with van der Waals surface area (Å²) in [6.45, 7) is 6.59. The van der Waals surface area contributed by atoms with Crippen LogP contribution in [0.4, 0.5) is 5.69 Å². The summed E-state index contributed by atoms with van der Waals surface area (Å²) in [4.78, 5) is 19.8. The number of anilines is 1. The van der Waals surface area contributed by atoms with Gasteiger partial charge in [0.25, 0.3) is 5.91 Å². The highest BCUT2D eigenvalue weighted by Crippen LogP contribution is 2.27. The van der Waals surface area contributed by atoms with E-state index in [1.54, 1.807) is 0 Å². The van der Waals surface area contributed by atoms with Crippen LogP contribution in [-0.2, 0) is 7.05 Å². The molecule has 0 bridgehead atoms. The van der Waals surface area contributed by atoms with Gasteiger partial charge in [-0.1, -0.05) is 18.2 Å². The molecule has 1 atom stereocenters. The van der Waals surface area contributed by atoms with Crippen molar-refractivity contribution >= 4 is 11.6 Å². The summed E-state index contributed by atoms with van der Waals surface area (Å²) in [7, 11) is 1.87. The van der Waals surface area contributed by atoms with E-state index >= 15 is 0 Å². The number of hydrogen-bond acceptors (Lipinski definition) is 4. The Balaban J connectivity index is 1.27. The lowest BCUT2D eigenvalue weighted by molar-refractivity contribution is 0.0730. The minimum Gasteiger partial charge on any atom is -0.388 e. The van der Waals surface area contributed by atoms with Crippen LogP contribution in [0.25, 0.3) is 0 Å². The van der Waals surface area contributed by atoms with Crippen LogP contribution in [0.3, 0.4) is 0 Å². The Morgan fingerprint density at radius 1 is 1.00 bits per heavy atom. The molecule has 0 radical (unpaired) electrons. The van der Waals surface area contributed by atoms with Crippen molar-refractivity contribution in [2.24, 2.45) is 7.05 Å². The van der Waals surface area contributed by atoms with E-state index in [9.17, 15) is 9.90 Å². The third-order valence-electron chi connectivity index (χ3n) is 6.02. The number of hydrogen-bond donors (Lipinski definition) is 1. The predicted octanol–water partition coefficient (Wildman–Crippen LogP) is 2.12. The van der Waals surface area contributed by atoms with E-state index in [1.807, 2.05) is 28.8 Å². The molecule has 28 heavy (non-hydrogen) atoms. The van der Waals surface area contributed by atoms with Crippen molar-refractivity contribution in [1.29, 1.82) is 0 Å². The van der Waals surface area contributed by atoms with Crippen molar-refractivity contribution in [1.82, 2.24) is 14.4 Å². The van der Waals surface area contributed by atoms with Crippen LogP contribution in [0.1, 0.15) is 35.0 Å². The Bertz CT molecular complexity index is 796. The number of aliphatic hydroxyl groups is 1. The van der Waals surface area contributed by atoms with Crippen LogP contribution >= 0.6 is 0 Å². The average molecular weight is 383 g/mol. The Morgan fingerprint density at radius 3 is 2.50 bits per heavy atom. The molecular formula is C22H30N4O2. The summed E-state index contributed by atoms with van der Waals surface area (Å²) in [6.07, 6.45) is 2.89. The first kappa shape index (κ1) is 19.0. The third kappa shape index (κ3) is 3.93. The maximum absolute atomic E-state index is 12.9. The minimum absolute atomic E-state index is 0.0490. The number of aliphatic hydroxyl groups excluding tert-OH is 1. The van der Waals surface area contributed by atoms with Gasteiger partial charge in [0, 0.05) is 63.8 Å². The van der Waals surface area contributed by atoms with E-state index in [4.69, 9.17) is 0 Å². The van der Waals surface area contributed by atoms with Gasteiger partial charge in [0.15, 0.2) is 0 Å². The normalized spacial score (nSPS) is 20.9. The van der Waals surface area contributed by atoms with Gasteiger partial charge < -0.3 is 19.5 Å². The van der Waals surface area contributed by atoms with Crippen molar-refractivity contribution in [2.45, 2.75) is 18.9 Å². The van der Waals surface area contributed by atoms with Gasteiger partial charge in [0.05, 0.1) is 6.10 Å². The molecule has 0 saturated carbocycles. The number of aryl methyl sites for hydroxylation is 1. The molecule has 150 valence electrons. The van der Waals surface area contributed by atoms with E-state index in [0.29, 0.717) is 18.7 Å². The summed E-state index contributed by atoms with van der Waals surface area (Å²) in [5, 5.41) is 10.3. The van der Waals surface area contributed by atoms with Gasteiger partial charge in [-0.15, -0.1) is 0 Å². The number of para-hydroxylation sites is 1. The van der Waals surface area contributed by atoms with Gasteiger partial charge in [-0.25, -0.2) is 0 Å². The molecule has 2 aliphatic rings. The number of amides is 1. The zero-order chi connectivity index (χ0) is 19.5. The summed E-state index contributed by atoms with van der Waals surface area (Å²) in [5.41, 5.74) is 2.71. The second-order valence-electron chi connectivity index (χ2n) is 7.85. The topological polar surface area (TPSA) is 52.0 Å². The number of carbonyl (C=O) groups is 1. The van der Waals surface area contributed by atoms with E-state index in [-0.39, 0.29) is 5.91 Å². The summed E-state index contributed by atoms with van der Waals surface area (Å²) in [6, 6.07) is 12.5. The van der Waals surface area contributed by atoms with Crippen LogP contribution in [-0.4, -0.2) is 71.2 Å². The molecule has 0 spiro atoms. The quantitative estimate of drug-likeness (QED) is 0.861. The molecule has 2 aliphatic heterocycles. The lowest BCUT2D eigenvalue weighted by atomic mass is 10.1. The fourth-order valence-electron chi connectivity index (χ4n) is 4.34. The number of carbonyl (C=O) groups excluding carboxylic acids is 1. The largest absolute Gasteiger partial charge is 0.388 e. The summed E-state index contributed by atoms with van der Waals surface area (Å²) in [5.74, 6) is 0.0490. The van der Waals surface area contributed by atoms with Crippen LogP contribution in [0.5, 0.6) is 0 Å². The number of fused-ring (bicyclic) bond motifs is 1. The lowest BCUT2D eigenvalue weighted by Crippen LogP contribution is -2.47. The number of rotatable bonds is 5. The zero-order valence-corrected chi connectivity index (χ0v) is 16.6. The number of piperazine rings is 1. The predicted molar refractivity (Wildman–Crippen MR) is 111 cm³/mol. The molecule has 1 aromatic carbocycles. The minimum atomic E-state index is -0.545. The Kier molecular flexibility index (Phi) is 5.69. The Hall–Kier alpha value is -2.31. The van der Waals surface area contributed by atoms with Crippen LogP contribution in [0.2, 0.25) is 0 Å². The molecule has 1 unspecified atom stereocenters. The number of benzene rings is 1. The molecule has 3 heterocycles. The van der Waals surface area contributed by atoms with Crippen molar-refractivity contribution in [3.8, 4) is 0 Å². The van der Waals surface area contributed by atoms with Gasteiger partial charge in [0.2, 0.25) is 0 Å². The summed E-state index contributed by atoms with van der Waals surface area (Å²) < 4.78 is 1.84. The highest BCUT2D eigenvalue weighted by molar-refractivity contribution is 5.94. The fourth-order valence-corrected chi connectivity index (χ4v) is 4.34. The monoisotopic (exact) mass is 382 g/mol. The average Bonchev–Trinajstić information content (AvgIpc) is 3.07. The van der Waals surface area contributed by atoms with E-state index in [1.165, 1.54) is 5.69 Å². The Morgan fingerprint density at radius 2 is 1.75 bits per heavy atom. The molecule has 0 aliphatic carbocycles. The van der Waals surface area contributed by atoms with E-state index in [0.717, 1.165) is 51.3 Å². The van der Waals surface area contributed by atoms with Crippen LogP contribution in [0.15, 0.2) is 42.6 Å². The standard InChI is InChI=1S/C22H30N4O2/c1-23-12-8-19-20(27)9-13-26(22(28)21(19)23)11-5-10-24-14-16-25(17-15-24)18-6-3-2-4-7-18/h2-4,6-8,12,20,27H,5,9-11,13-17H2,1H3. The van der Waals surface area contributed by atoms with E-state index in [2.05, 4.69) is 40.1 Å². The molecule has 4 rings (SSSR count). The lowest BCUT2D eigenvalue weighted by Gasteiger charge is -2.36. The Labute approximate surface area is 167 Å². The van der Waals surface area contributed by atoms with E-state index < -0.39 is 6.10 Å². The van der Waals surface area contributed by atoms with Gasteiger partial charge >= 0.3 is 0 Å². The molecule has 1 N–H and O–H groups in total. The third-order valence-corrected chi connectivity index (χ3v) is 6.02. The van der Waals surface area contributed by atoms with Crippen molar-refractivity contribution in [3.05, 3.63) is 53.9 Å². The second kappa shape index (κ2) is 8.37. The second-order valence-corrected chi connectivity index (χ2v) is 7.85. The molecule has 6 nitrogen and oxygen atoms in total. The fraction of sp³-hybridized carbons (Fsp3) is 0.500. The van der Waals surface area contributed by atoms with Crippen LogP contribution < -0.4 is 4.90 Å². The smallest absolute Gasteiger partial charge is 0.270 e. The zero-order valence-electron chi connectivity index (χ0n) is 16.6. The molecular weight excluding hydrogens is 352 g/mol. The molecule has 2 aromatic rings. The molecule has 6 heteroatoms. The molecule has 1 aromatic heterocycles. The number of nitrogens with zero attached hydrogens (tertiary/aromatic N) is 4. The highest BCUT2D eigenvalue weighted by Gasteiger charge is 2.29. The van der Waals surface area contributed by atoms with Gasteiger partial charge in [-0.05, 0) is 37.6 Å². The van der Waals surface area contributed by atoms with Gasteiger partial charge in [-0.3, -0.25) is 9.69 Å². The first-order valence-electron chi connectivity index (χ1n) is 10.3. The molecule has 1 saturated heterocycles. The first-order chi connectivity index (χ1) is 13.6. The van der Waals surface area contributed by atoms with Gasteiger partial charge in [-0.2, -0.15) is 0 Å². The molecule has 1 amide bonds. The number of aromatic nitrogens is 1. The van der Waals surface area contributed by atoms with Crippen molar-refractivity contribution in [2.75, 3.05) is 50.7 Å². The SMILES string of the molecule is Cn1ccc2c1C(=O)N(CCCN1CCN(c3ccccc3)CC1)CCC2O. The maximum Gasteiger partial charge on any atom is 0.270 e. The maximum atomic E-state index is 12.9. The van der Waals surface area contributed by atoms with Gasteiger partial charge in [0.1, 0.15) is 5.69 Å². The summed E-state index contributed by atoms with van der Waals surface area (Å²) >= 11 is 0. The van der Waals surface area contributed by atoms with Crippen molar-refractivity contribution in [3.63, 3.8) is 0 Å². The first-order valence-corrected chi connectivity index (χ1v) is 10.3. The van der Waals surface area contributed by atoms with Crippen LogP contribution in [0, 0.1) is 0 Å². The van der Waals surface area contributed by atoms with Crippen molar-refractivity contribution < 1.29 is 9.90 Å².